The van der Waals surface area contributed by atoms with E-state index in [0.717, 1.165) is 17.2 Å². The van der Waals surface area contributed by atoms with Crippen LogP contribution in [0.15, 0.2) is 29.1 Å². The fourth-order valence-corrected chi connectivity index (χ4v) is 1.69. The highest BCUT2D eigenvalue weighted by Crippen LogP contribution is 2.38. The first-order valence-electron chi connectivity index (χ1n) is 5.70. The minimum Gasteiger partial charge on any atom is -0.472 e. The highest BCUT2D eigenvalue weighted by atomic mass is 16.3. The van der Waals surface area contributed by atoms with Crippen LogP contribution >= 0.6 is 0 Å². The van der Waals surface area contributed by atoms with E-state index in [4.69, 9.17) is 10.2 Å². The third-order valence-electron chi connectivity index (χ3n) is 2.76. The van der Waals surface area contributed by atoms with Gasteiger partial charge in [0.25, 0.3) is 0 Å². The molecule has 88 valence electrons. The van der Waals surface area contributed by atoms with Crippen LogP contribution in [0.2, 0.25) is 0 Å². The van der Waals surface area contributed by atoms with Crippen molar-refractivity contribution in [3.63, 3.8) is 0 Å². The maximum Gasteiger partial charge on any atom is 0.136 e. The summed E-state index contributed by atoms with van der Waals surface area (Å²) in [7, 11) is 0. The van der Waals surface area contributed by atoms with Crippen LogP contribution in [0.5, 0.6) is 0 Å². The maximum absolute atomic E-state index is 5.76. The first kappa shape index (κ1) is 10.1. The minimum absolute atomic E-state index is 0.507. The Kier molecular flexibility index (Phi) is 2.44. The Balaban J connectivity index is 1.73. The summed E-state index contributed by atoms with van der Waals surface area (Å²) in [4.78, 5) is 8.71. The average Bonchev–Trinajstić information content (AvgIpc) is 3.04. The molecular formula is C12H14N4O. The fraction of sp³-hybridized carbons (Fsp3) is 0.333. The van der Waals surface area contributed by atoms with E-state index in [2.05, 4.69) is 15.3 Å². The first-order valence-corrected chi connectivity index (χ1v) is 5.70. The van der Waals surface area contributed by atoms with E-state index in [9.17, 15) is 0 Å². The number of hydrogen-bond donors (Lipinski definition) is 2. The molecule has 0 atom stereocenters. The molecule has 2 aromatic rings. The number of anilines is 2. The molecule has 0 spiro atoms. The van der Waals surface area contributed by atoms with Crippen molar-refractivity contribution >= 4 is 11.6 Å². The van der Waals surface area contributed by atoms with Crippen LogP contribution in [0.25, 0.3) is 0 Å². The highest BCUT2D eigenvalue weighted by Gasteiger charge is 2.27. The highest BCUT2D eigenvalue weighted by molar-refractivity contribution is 5.45. The molecule has 0 amide bonds. The second-order valence-corrected chi connectivity index (χ2v) is 4.30. The van der Waals surface area contributed by atoms with Gasteiger partial charge < -0.3 is 15.5 Å². The molecule has 0 aromatic carbocycles. The van der Waals surface area contributed by atoms with Crippen LogP contribution in [0.4, 0.5) is 11.6 Å². The van der Waals surface area contributed by atoms with Gasteiger partial charge in [-0.05, 0) is 18.9 Å². The zero-order valence-corrected chi connectivity index (χ0v) is 9.39. The molecule has 0 radical (unpaired) electrons. The van der Waals surface area contributed by atoms with Crippen molar-refractivity contribution in [3.8, 4) is 0 Å². The van der Waals surface area contributed by atoms with E-state index in [1.54, 1.807) is 18.6 Å². The molecule has 1 fully saturated rings. The maximum atomic E-state index is 5.76. The zero-order valence-electron chi connectivity index (χ0n) is 9.39. The van der Waals surface area contributed by atoms with Crippen LogP contribution in [-0.4, -0.2) is 9.97 Å². The van der Waals surface area contributed by atoms with Crippen LogP contribution in [0.1, 0.15) is 30.1 Å². The van der Waals surface area contributed by atoms with Crippen LogP contribution in [0.3, 0.4) is 0 Å². The minimum atomic E-state index is 0.507. The smallest absolute Gasteiger partial charge is 0.136 e. The standard InChI is InChI=1S/C12H14N4O/c13-10-5-11(14-6-8-3-4-17-7-8)16-12(15-10)9-1-2-9/h3-5,7,9H,1-2,6H2,(H3,13,14,15,16). The summed E-state index contributed by atoms with van der Waals surface area (Å²) < 4.78 is 5.00. The molecular weight excluding hydrogens is 216 g/mol. The Bertz CT molecular complexity index is 505. The molecule has 17 heavy (non-hydrogen) atoms. The van der Waals surface area contributed by atoms with Gasteiger partial charge in [-0.25, -0.2) is 9.97 Å². The zero-order chi connectivity index (χ0) is 11.7. The summed E-state index contributed by atoms with van der Waals surface area (Å²) in [6.45, 7) is 0.678. The lowest BCUT2D eigenvalue weighted by Crippen LogP contribution is -2.05. The second kappa shape index (κ2) is 4.08. The van der Waals surface area contributed by atoms with Gasteiger partial charge >= 0.3 is 0 Å². The van der Waals surface area contributed by atoms with Gasteiger partial charge in [-0.15, -0.1) is 0 Å². The largest absolute Gasteiger partial charge is 0.472 e. The molecule has 3 N–H and O–H groups in total. The third-order valence-corrected chi connectivity index (χ3v) is 2.76. The number of nitrogens with zero attached hydrogens (tertiary/aromatic N) is 2. The van der Waals surface area contributed by atoms with Gasteiger partial charge in [0, 0.05) is 24.1 Å². The number of nitrogen functional groups attached to an aromatic ring is 1. The molecule has 0 saturated heterocycles. The van der Waals surface area contributed by atoms with Crippen LogP contribution in [-0.2, 0) is 6.54 Å². The summed E-state index contributed by atoms with van der Waals surface area (Å²) in [6, 6.07) is 3.67. The molecule has 1 saturated carbocycles. The Morgan fingerprint density at radius 3 is 3.00 bits per heavy atom. The van der Waals surface area contributed by atoms with Crippen LogP contribution < -0.4 is 11.1 Å². The molecule has 5 nitrogen and oxygen atoms in total. The van der Waals surface area contributed by atoms with Crippen molar-refractivity contribution in [1.29, 1.82) is 0 Å². The van der Waals surface area contributed by atoms with Crippen LogP contribution in [0, 0.1) is 0 Å². The lowest BCUT2D eigenvalue weighted by Gasteiger charge is -2.06. The predicted molar refractivity (Wildman–Crippen MR) is 64.5 cm³/mol. The van der Waals surface area contributed by atoms with E-state index in [1.807, 2.05) is 6.07 Å². The van der Waals surface area contributed by atoms with Crippen molar-refractivity contribution in [1.82, 2.24) is 9.97 Å². The summed E-state index contributed by atoms with van der Waals surface area (Å²) in [5, 5.41) is 3.22. The third kappa shape index (κ3) is 2.38. The van der Waals surface area contributed by atoms with E-state index >= 15 is 0 Å². The molecule has 5 heteroatoms. The van der Waals surface area contributed by atoms with Gasteiger partial charge in [-0.3, -0.25) is 0 Å². The average molecular weight is 230 g/mol. The molecule has 0 unspecified atom stereocenters. The summed E-state index contributed by atoms with van der Waals surface area (Å²) in [5.74, 6) is 2.67. The lowest BCUT2D eigenvalue weighted by atomic mass is 10.3. The molecule has 0 bridgehead atoms. The summed E-state index contributed by atoms with van der Waals surface area (Å²) in [5.41, 5.74) is 6.84. The Morgan fingerprint density at radius 2 is 2.29 bits per heavy atom. The Morgan fingerprint density at radius 1 is 1.41 bits per heavy atom. The number of rotatable bonds is 4. The number of hydrogen-bond acceptors (Lipinski definition) is 5. The number of nitrogens with one attached hydrogen (secondary N) is 1. The molecule has 2 heterocycles. The van der Waals surface area contributed by atoms with Gasteiger partial charge in [-0.2, -0.15) is 0 Å². The van der Waals surface area contributed by atoms with Crippen molar-refractivity contribution in [2.24, 2.45) is 0 Å². The number of nitrogens with two attached hydrogens (primary N) is 1. The lowest BCUT2D eigenvalue weighted by molar-refractivity contribution is 0.564. The Labute approximate surface area is 99.1 Å². The summed E-state index contributed by atoms with van der Waals surface area (Å²) in [6.07, 6.45) is 5.70. The SMILES string of the molecule is Nc1cc(NCc2ccoc2)nc(C2CC2)n1. The van der Waals surface area contributed by atoms with E-state index < -0.39 is 0 Å². The molecule has 1 aliphatic rings. The molecule has 0 aliphatic heterocycles. The van der Waals surface area contributed by atoms with Crippen molar-refractivity contribution in [2.75, 3.05) is 11.1 Å². The fourth-order valence-electron chi connectivity index (χ4n) is 1.69. The number of furan rings is 1. The molecule has 1 aliphatic carbocycles. The van der Waals surface area contributed by atoms with Gasteiger partial charge in [0.15, 0.2) is 0 Å². The quantitative estimate of drug-likeness (QED) is 0.841. The van der Waals surface area contributed by atoms with Crippen molar-refractivity contribution in [3.05, 3.63) is 36.0 Å². The van der Waals surface area contributed by atoms with Gasteiger partial charge in [0.2, 0.25) is 0 Å². The Hall–Kier alpha value is -2.04. The van der Waals surface area contributed by atoms with Gasteiger partial charge in [-0.1, -0.05) is 0 Å². The monoisotopic (exact) mass is 230 g/mol. The first-order chi connectivity index (χ1) is 8.31. The van der Waals surface area contributed by atoms with E-state index in [-0.39, 0.29) is 0 Å². The van der Waals surface area contributed by atoms with E-state index in [0.29, 0.717) is 18.3 Å². The van der Waals surface area contributed by atoms with Gasteiger partial charge in [0.1, 0.15) is 17.5 Å². The topological polar surface area (TPSA) is 77.0 Å². The van der Waals surface area contributed by atoms with Crippen molar-refractivity contribution < 1.29 is 4.42 Å². The van der Waals surface area contributed by atoms with Gasteiger partial charge in [0.05, 0.1) is 12.5 Å². The normalized spacial score (nSPS) is 14.8. The van der Waals surface area contributed by atoms with Crippen molar-refractivity contribution in [2.45, 2.75) is 25.3 Å². The van der Waals surface area contributed by atoms with E-state index in [1.165, 1.54) is 12.8 Å². The number of aromatic nitrogens is 2. The molecule has 3 rings (SSSR count). The predicted octanol–water partition coefficient (Wildman–Crippen LogP) is 2.14. The summed E-state index contributed by atoms with van der Waals surface area (Å²) >= 11 is 0. The molecule has 2 aromatic heterocycles. The second-order valence-electron chi connectivity index (χ2n) is 4.30.